The van der Waals surface area contributed by atoms with Crippen molar-refractivity contribution in [3.63, 3.8) is 0 Å². The molecule has 0 saturated carbocycles. The standard InChI is InChI=1S/C23H29ClN2O2S/c1-16-13-17(2)23(18(3)14-16)26-22(28)9-6-11-29-12-10-21(27)25-15-19-7-4-5-8-20(19)24/h4-5,7-8,13-14H,6,9-12,15H2,1-3H3,(H,25,27)(H,26,28). The fourth-order valence-corrected chi connectivity index (χ4v) is 4.19. The van der Waals surface area contributed by atoms with Crippen molar-refractivity contribution in [2.24, 2.45) is 0 Å². The van der Waals surface area contributed by atoms with Crippen molar-refractivity contribution in [1.29, 1.82) is 0 Å². The summed E-state index contributed by atoms with van der Waals surface area (Å²) in [5.74, 6) is 1.65. The third kappa shape index (κ3) is 8.11. The van der Waals surface area contributed by atoms with Gasteiger partial charge in [0.1, 0.15) is 0 Å². The summed E-state index contributed by atoms with van der Waals surface area (Å²) in [4.78, 5) is 24.1. The van der Waals surface area contributed by atoms with Gasteiger partial charge in [0.05, 0.1) is 0 Å². The minimum atomic E-state index is 0.0143. The van der Waals surface area contributed by atoms with Crippen LogP contribution in [0.3, 0.4) is 0 Å². The molecule has 0 saturated heterocycles. The van der Waals surface area contributed by atoms with Gasteiger partial charge >= 0.3 is 0 Å². The molecule has 2 N–H and O–H groups in total. The van der Waals surface area contributed by atoms with Crippen molar-refractivity contribution < 1.29 is 9.59 Å². The number of hydrogen-bond acceptors (Lipinski definition) is 3. The number of carbonyl (C=O) groups is 2. The van der Waals surface area contributed by atoms with Crippen LogP contribution < -0.4 is 10.6 Å². The maximum absolute atomic E-state index is 12.2. The molecule has 0 atom stereocenters. The molecule has 29 heavy (non-hydrogen) atoms. The first kappa shape index (κ1) is 23.3. The van der Waals surface area contributed by atoms with E-state index in [9.17, 15) is 9.59 Å². The molecule has 0 radical (unpaired) electrons. The Morgan fingerprint density at radius 2 is 1.66 bits per heavy atom. The third-order valence-corrected chi connectivity index (χ3v) is 5.98. The minimum absolute atomic E-state index is 0.0143. The number of benzene rings is 2. The third-order valence-electron chi connectivity index (χ3n) is 4.54. The summed E-state index contributed by atoms with van der Waals surface area (Å²) in [6.07, 6.45) is 1.74. The van der Waals surface area contributed by atoms with Crippen LogP contribution in [0.5, 0.6) is 0 Å². The van der Waals surface area contributed by atoms with Crippen molar-refractivity contribution >= 4 is 40.9 Å². The average molecular weight is 433 g/mol. The highest BCUT2D eigenvalue weighted by Gasteiger charge is 2.08. The van der Waals surface area contributed by atoms with Crippen LogP contribution in [-0.2, 0) is 16.1 Å². The van der Waals surface area contributed by atoms with Crippen LogP contribution in [0.4, 0.5) is 5.69 Å². The summed E-state index contributed by atoms with van der Waals surface area (Å²) in [5.41, 5.74) is 5.22. The summed E-state index contributed by atoms with van der Waals surface area (Å²) in [5, 5.41) is 6.58. The molecule has 0 bridgehead atoms. The van der Waals surface area contributed by atoms with Gasteiger partial charge in [-0.1, -0.05) is 47.5 Å². The Morgan fingerprint density at radius 3 is 2.34 bits per heavy atom. The maximum atomic E-state index is 12.2. The van der Waals surface area contributed by atoms with Crippen molar-refractivity contribution in [3.05, 3.63) is 63.7 Å². The first-order valence-electron chi connectivity index (χ1n) is 9.82. The molecule has 2 aromatic rings. The lowest BCUT2D eigenvalue weighted by atomic mass is 10.0. The second kappa shape index (κ2) is 11.9. The molecule has 0 fully saturated rings. The molecule has 0 aliphatic carbocycles. The Morgan fingerprint density at radius 1 is 0.966 bits per heavy atom. The molecule has 0 heterocycles. The van der Waals surface area contributed by atoms with E-state index < -0.39 is 0 Å². The second-order valence-corrected chi connectivity index (χ2v) is 8.79. The van der Waals surface area contributed by atoms with Crippen molar-refractivity contribution in [3.8, 4) is 0 Å². The number of anilines is 1. The largest absolute Gasteiger partial charge is 0.352 e. The molecular weight excluding hydrogens is 404 g/mol. The van der Waals surface area contributed by atoms with E-state index in [0.717, 1.165) is 40.3 Å². The van der Waals surface area contributed by atoms with Gasteiger partial charge in [-0.2, -0.15) is 11.8 Å². The molecule has 0 aromatic heterocycles. The highest BCUT2D eigenvalue weighted by Crippen LogP contribution is 2.22. The smallest absolute Gasteiger partial charge is 0.224 e. The first-order valence-corrected chi connectivity index (χ1v) is 11.4. The van der Waals surface area contributed by atoms with Gasteiger partial charge < -0.3 is 10.6 Å². The lowest BCUT2D eigenvalue weighted by Crippen LogP contribution is -2.23. The van der Waals surface area contributed by atoms with Crippen LogP contribution in [0.15, 0.2) is 36.4 Å². The van der Waals surface area contributed by atoms with Crippen molar-refractivity contribution in [2.75, 3.05) is 16.8 Å². The van der Waals surface area contributed by atoms with E-state index in [2.05, 4.69) is 29.7 Å². The molecular formula is C23H29ClN2O2S. The van der Waals surface area contributed by atoms with Crippen molar-refractivity contribution in [2.45, 2.75) is 46.6 Å². The number of aryl methyl sites for hydroxylation is 3. The molecule has 156 valence electrons. The predicted octanol–water partition coefficient (Wildman–Crippen LogP) is 5.42. The number of hydrogen-bond donors (Lipinski definition) is 2. The zero-order valence-electron chi connectivity index (χ0n) is 17.3. The second-order valence-electron chi connectivity index (χ2n) is 7.16. The Labute approximate surface area is 182 Å². The number of halogens is 1. The molecule has 0 aliphatic heterocycles. The van der Waals surface area contributed by atoms with Crippen LogP contribution in [0, 0.1) is 20.8 Å². The first-order chi connectivity index (χ1) is 13.9. The SMILES string of the molecule is Cc1cc(C)c(NC(=O)CCCSCCC(=O)NCc2ccccc2Cl)c(C)c1. The van der Waals surface area contributed by atoms with E-state index in [-0.39, 0.29) is 11.8 Å². The topological polar surface area (TPSA) is 58.2 Å². The van der Waals surface area contributed by atoms with Crippen LogP contribution in [-0.4, -0.2) is 23.3 Å². The number of carbonyl (C=O) groups excluding carboxylic acids is 2. The van der Waals surface area contributed by atoms with Crippen LogP contribution >= 0.6 is 23.4 Å². The fourth-order valence-electron chi connectivity index (χ4n) is 3.10. The molecule has 6 heteroatoms. The van der Waals surface area contributed by atoms with E-state index in [0.29, 0.717) is 24.4 Å². The summed E-state index contributed by atoms with van der Waals surface area (Å²) in [6.45, 7) is 6.53. The minimum Gasteiger partial charge on any atom is -0.352 e. The predicted molar refractivity (Wildman–Crippen MR) is 124 cm³/mol. The number of thioether (sulfide) groups is 1. The summed E-state index contributed by atoms with van der Waals surface area (Å²) in [7, 11) is 0. The van der Waals surface area contributed by atoms with Crippen LogP contribution in [0.25, 0.3) is 0 Å². The highest BCUT2D eigenvalue weighted by molar-refractivity contribution is 7.99. The van der Waals surface area contributed by atoms with Gasteiger partial charge in [0.25, 0.3) is 0 Å². The quantitative estimate of drug-likeness (QED) is 0.492. The van der Waals surface area contributed by atoms with Gasteiger partial charge in [0, 0.05) is 35.8 Å². The number of nitrogens with one attached hydrogen (secondary N) is 2. The lowest BCUT2D eigenvalue weighted by molar-refractivity contribution is -0.121. The summed E-state index contributed by atoms with van der Waals surface area (Å²) >= 11 is 7.78. The van der Waals surface area contributed by atoms with Gasteiger partial charge in [-0.15, -0.1) is 0 Å². The van der Waals surface area contributed by atoms with Crippen molar-refractivity contribution in [1.82, 2.24) is 5.32 Å². The Hall–Kier alpha value is -1.98. The van der Waals surface area contributed by atoms with E-state index in [4.69, 9.17) is 11.6 Å². The van der Waals surface area contributed by atoms with Crippen LogP contribution in [0.2, 0.25) is 5.02 Å². The zero-order chi connectivity index (χ0) is 21.2. The highest BCUT2D eigenvalue weighted by atomic mass is 35.5. The average Bonchev–Trinajstić information content (AvgIpc) is 2.66. The van der Waals surface area contributed by atoms with E-state index >= 15 is 0 Å². The van der Waals surface area contributed by atoms with Crippen LogP contribution in [0.1, 0.15) is 41.5 Å². The van der Waals surface area contributed by atoms with Gasteiger partial charge in [-0.25, -0.2) is 0 Å². The molecule has 2 aromatic carbocycles. The van der Waals surface area contributed by atoms with Gasteiger partial charge in [-0.3, -0.25) is 9.59 Å². The Balaban J connectivity index is 1.58. The van der Waals surface area contributed by atoms with E-state index in [1.165, 1.54) is 5.56 Å². The summed E-state index contributed by atoms with van der Waals surface area (Å²) < 4.78 is 0. The molecule has 0 spiro atoms. The van der Waals surface area contributed by atoms with Gasteiger partial charge in [-0.05, 0) is 55.7 Å². The number of rotatable bonds is 10. The molecule has 0 aliphatic rings. The molecule has 2 rings (SSSR count). The molecule has 4 nitrogen and oxygen atoms in total. The molecule has 2 amide bonds. The van der Waals surface area contributed by atoms with Gasteiger partial charge in [0.15, 0.2) is 0 Å². The van der Waals surface area contributed by atoms with Gasteiger partial charge in [0.2, 0.25) is 11.8 Å². The Bertz CT molecular complexity index is 832. The normalized spacial score (nSPS) is 10.6. The molecule has 0 unspecified atom stereocenters. The lowest BCUT2D eigenvalue weighted by Gasteiger charge is -2.12. The summed E-state index contributed by atoms with van der Waals surface area (Å²) in [6, 6.07) is 11.7. The maximum Gasteiger partial charge on any atom is 0.224 e. The zero-order valence-corrected chi connectivity index (χ0v) is 18.9. The van der Waals surface area contributed by atoms with E-state index in [1.54, 1.807) is 11.8 Å². The Kier molecular flexibility index (Phi) is 9.55. The fraction of sp³-hybridized carbons (Fsp3) is 0.391. The monoisotopic (exact) mass is 432 g/mol. The number of amides is 2. The van der Waals surface area contributed by atoms with E-state index in [1.807, 2.05) is 38.1 Å².